The van der Waals surface area contributed by atoms with Crippen LogP contribution in [0.25, 0.3) is 11.1 Å². The van der Waals surface area contributed by atoms with Crippen LogP contribution in [0, 0.1) is 0 Å². The van der Waals surface area contributed by atoms with Crippen molar-refractivity contribution in [1.29, 1.82) is 0 Å². The summed E-state index contributed by atoms with van der Waals surface area (Å²) in [5.41, 5.74) is 4.73. The molecule has 0 aliphatic carbocycles. The molecule has 3 aromatic carbocycles. The van der Waals surface area contributed by atoms with E-state index in [1.54, 1.807) is 0 Å². The number of benzene rings is 3. The van der Waals surface area contributed by atoms with Gasteiger partial charge < -0.3 is 14.8 Å². The van der Waals surface area contributed by atoms with Crippen LogP contribution in [0.5, 0.6) is 5.75 Å². The molecule has 3 nitrogen and oxygen atoms in total. The molecule has 0 unspecified atom stereocenters. The molecule has 0 spiro atoms. The van der Waals surface area contributed by atoms with Crippen LogP contribution in [0.15, 0.2) is 78.9 Å². The average Bonchev–Trinajstić information content (AvgIpc) is 3.26. The van der Waals surface area contributed by atoms with Crippen LogP contribution < -0.4 is 10.1 Å². The molecule has 4 rings (SSSR count). The lowest BCUT2D eigenvalue weighted by Crippen LogP contribution is -2.16. The van der Waals surface area contributed by atoms with E-state index in [1.807, 2.05) is 24.3 Å². The second kappa shape index (κ2) is 8.74. The Hall–Kier alpha value is -2.78. The highest BCUT2D eigenvalue weighted by Crippen LogP contribution is 2.26. The van der Waals surface area contributed by atoms with Crippen molar-refractivity contribution >= 4 is 5.69 Å². The Morgan fingerprint density at radius 3 is 2.37 bits per heavy atom. The summed E-state index contributed by atoms with van der Waals surface area (Å²) in [4.78, 5) is 0. The standard InChI is InChI=1S/C24H25NO2/c1-2-7-20(8-3-1)21-14-12-19(13-15-21)17-25-23-10-4-5-11-24(23)27-18-22-9-6-16-26-22/h1-5,7-8,10-15,22,25H,6,9,16-18H2/t22-/m0/s1. The molecule has 138 valence electrons. The fourth-order valence-electron chi connectivity index (χ4n) is 3.34. The maximum Gasteiger partial charge on any atom is 0.142 e. The minimum Gasteiger partial charge on any atom is -0.489 e. The number of nitrogens with one attached hydrogen (secondary N) is 1. The number of anilines is 1. The van der Waals surface area contributed by atoms with Crippen LogP contribution in [0.4, 0.5) is 5.69 Å². The molecular formula is C24H25NO2. The van der Waals surface area contributed by atoms with Crippen molar-refractivity contribution in [2.24, 2.45) is 0 Å². The van der Waals surface area contributed by atoms with Gasteiger partial charge in [-0.2, -0.15) is 0 Å². The van der Waals surface area contributed by atoms with Gasteiger partial charge in [-0.15, -0.1) is 0 Å². The molecule has 3 heteroatoms. The molecule has 0 aromatic heterocycles. The average molecular weight is 359 g/mol. The van der Waals surface area contributed by atoms with Gasteiger partial charge >= 0.3 is 0 Å². The third-order valence-electron chi connectivity index (χ3n) is 4.88. The molecule has 1 aliphatic rings. The second-order valence-corrected chi connectivity index (χ2v) is 6.86. The summed E-state index contributed by atoms with van der Waals surface area (Å²) in [6, 6.07) is 27.2. The summed E-state index contributed by atoms with van der Waals surface area (Å²) in [6.07, 6.45) is 2.44. The largest absolute Gasteiger partial charge is 0.489 e. The molecule has 1 N–H and O–H groups in total. The van der Waals surface area contributed by atoms with Gasteiger partial charge in [0.15, 0.2) is 0 Å². The van der Waals surface area contributed by atoms with Gasteiger partial charge in [-0.25, -0.2) is 0 Å². The van der Waals surface area contributed by atoms with E-state index in [0.717, 1.165) is 37.4 Å². The van der Waals surface area contributed by atoms with Crippen LogP contribution >= 0.6 is 0 Å². The topological polar surface area (TPSA) is 30.5 Å². The first-order chi connectivity index (χ1) is 13.4. The molecule has 1 atom stereocenters. The predicted octanol–water partition coefficient (Wildman–Crippen LogP) is 5.52. The van der Waals surface area contributed by atoms with Gasteiger partial charge in [0.1, 0.15) is 12.4 Å². The lowest BCUT2D eigenvalue weighted by atomic mass is 10.0. The number of para-hydroxylation sites is 2. The zero-order valence-electron chi connectivity index (χ0n) is 15.4. The number of hydrogen-bond acceptors (Lipinski definition) is 3. The van der Waals surface area contributed by atoms with Crippen LogP contribution in [-0.4, -0.2) is 19.3 Å². The lowest BCUT2D eigenvalue weighted by Gasteiger charge is -2.16. The third-order valence-corrected chi connectivity index (χ3v) is 4.88. The first-order valence-corrected chi connectivity index (χ1v) is 9.60. The molecule has 3 aromatic rings. The summed E-state index contributed by atoms with van der Waals surface area (Å²) < 4.78 is 11.6. The summed E-state index contributed by atoms with van der Waals surface area (Å²) in [5.74, 6) is 0.883. The van der Waals surface area contributed by atoms with Crippen molar-refractivity contribution in [1.82, 2.24) is 0 Å². The van der Waals surface area contributed by atoms with Gasteiger partial charge in [0.25, 0.3) is 0 Å². The molecular weight excluding hydrogens is 334 g/mol. The van der Waals surface area contributed by atoms with Crippen LogP contribution in [0.1, 0.15) is 18.4 Å². The van der Waals surface area contributed by atoms with Gasteiger partial charge in [-0.1, -0.05) is 66.7 Å². The minimum atomic E-state index is 0.226. The van der Waals surface area contributed by atoms with Gasteiger partial charge in [-0.3, -0.25) is 0 Å². The molecule has 0 radical (unpaired) electrons. The van der Waals surface area contributed by atoms with E-state index in [0.29, 0.717) is 6.61 Å². The highest BCUT2D eigenvalue weighted by molar-refractivity contribution is 5.63. The quantitative estimate of drug-likeness (QED) is 0.602. The molecule has 1 aliphatic heterocycles. The molecule has 27 heavy (non-hydrogen) atoms. The van der Waals surface area contributed by atoms with Crippen LogP contribution in [0.2, 0.25) is 0 Å². The first kappa shape index (κ1) is 17.6. The monoisotopic (exact) mass is 359 g/mol. The Bertz CT molecular complexity index is 840. The van der Waals surface area contributed by atoms with Crippen molar-refractivity contribution in [3.8, 4) is 16.9 Å². The molecule has 1 heterocycles. The lowest BCUT2D eigenvalue weighted by molar-refractivity contribution is 0.0682. The Kier molecular flexibility index (Phi) is 5.70. The molecule has 0 bridgehead atoms. The summed E-state index contributed by atoms with van der Waals surface area (Å²) >= 11 is 0. The minimum absolute atomic E-state index is 0.226. The van der Waals surface area contributed by atoms with Crippen molar-refractivity contribution in [3.05, 3.63) is 84.4 Å². The smallest absolute Gasteiger partial charge is 0.142 e. The number of hydrogen-bond donors (Lipinski definition) is 1. The third kappa shape index (κ3) is 4.69. The summed E-state index contributed by atoms with van der Waals surface area (Å²) in [6.45, 7) is 2.23. The van der Waals surface area contributed by atoms with E-state index in [4.69, 9.17) is 9.47 Å². The van der Waals surface area contributed by atoms with Gasteiger partial charge in [0.2, 0.25) is 0 Å². The fourth-order valence-corrected chi connectivity index (χ4v) is 3.34. The molecule has 0 saturated carbocycles. The van der Waals surface area contributed by atoms with Gasteiger partial charge in [0.05, 0.1) is 11.8 Å². The molecule has 1 saturated heterocycles. The van der Waals surface area contributed by atoms with Crippen molar-refractivity contribution < 1.29 is 9.47 Å². The Morgan fingerprint density at radius 2 is 1.59 bits per heavy atom. The van der Waals surface area contributed by atoms with E-state index in [9.17, 15) is 0 Å². The maximum atomic E-state index is 6.00. The zero-order valence-corrected chi connectivity index (χ0v) is 15.4. The fraction of sp³-hybridized carbons (Fsp3) is 0.250. The second-order valence-electron chi connectivity index (χ2n) is 6.86. The van der Waals surface area contributed by atoms with E-state index in [2.05, 4.69) is 59.9 Å². The van der Waals surface area contributed by atoms with E-state index in [1.165, 1.54) is 16.7 Å². The molecule has 0 amide bonds. The number of ether oxygens (including phenoxy) is 2. The predicted molar refractivity (Wildman–Crippen MR) is 110 cm³/mol. The zero-order chi connectivity index (χ0) is 18.3. The van der Waals surface area contributed by atoms with E-state index >= 15 is 0 Å². The van der Waals surface area contributed by atoms with E-state index in [-0.39, 0.29) is 6.10 Å². The van der Waals surface area contributed by atoms with Crippen molar-refractivity contribution in [2.45, 2.75) is 25.5 Å². The highest BCUT2D eigenvalue weighted by Gasteiger charge is 2.16. The van der Waals surface area contributed by atoms with Crippen LogP contribution in [-0.2, 0) is 11.3 Å². The maximum absolute atomic E-state index is 6.00. The Morgan fingerprint density at radius 1 is 0.852 bits per heavy atom. The van der Waals surface area contributed by atoms with Gasteiger partial charge in [-0.05, 0) is 41.7 Å². The Balaban J connectivity index is 1.37. The summed E-state index contributed by atoms with van der Waals surface area (Å²) in [7, 11) is 0. The van der Waals surface area contributed by atoms with Crippen molar-refractivity contribution in [2.75, 3.05) is 18.5 Å². The normalized spacial score (nSPS) is 16.2. The SMILES string of the molecule is c1ccc(-c2ccc(CNc3ccccc3OC[C@@H]3CCCO3)cc2)cc1. The van der Waals surface area contributed by atoms with Crippen molar-refractivity contribution in [3.63, 3.8) is 0 Å². The summed E-state index contributed by atoms with van der Waals surface area (Å²) in [5, 5.41) is 3.50. The highest BCUT2D eigenvalue weighted by atomic mass is 16.5. The Labute approximate surface area is 161 Å². The van der Waals surface area contributed by atoms with Crippen LogP contribution in [0.3, 0.4) is 0 Å². The van der Waals surface area contributed by atoms with E-state index < -0.39 is 0 Å². The molecule has 1 fully saturated rings. The van der Waals surface area contributed by atoms with Gasteiger partial charge in [0, 0.05) is 13.2 Å². The number of rotatable bonds is 7. The first-order valence-electron chi connectivity index (χ1n) is 9.60.